The Labute approximate surface area is 116 Å². The van der Waals surface area contributed by atoms with Crippen molar-refractivity contribution < 1.29 is 0 Å². The molecule has 0 amide bonds. The second kappa shape index (κ2) is 9.05. The molecule has 1 saturated carbocycles. The average molecular weight is 247 g/mol. The molecule has 0 nitrogen and oxygen atoms in total. The van der Waals surface area contributed by atoms with Crippen LogP contribution in [-0.2, 0) is 0 Å². The van der Waals surface area contributed by atoms with Crippen LogP contribution in [0, 0.1) is 11.8 Å². The van der Waals surface area contributed by atoms with Crippen LogP contribution >= 0.6 is 0 Å². The summed E-state index contributed by atoms with van der Waals surface area (Å²) in [5.41, 5.74) is 0. The van der Waals surface area contributed by atoms with Crippen LogP contribution in [0.1, 0.15) is 83.5 Å². The Balaban J connectivity index is 1.83. The zero-order valence-corrected chi connectivity index (χ0v) is 12.3. The van der Waals surface area contributed by atoms with Gasteiger partial charge in [0, 0.05) is 0 Å². The van der Waals surface area contributed by atoms with Crippen molar-refractivity contribution in [2.24, 2.45) is 11.8 Å². The van der Waals surface area contributed by atoms with Crippen molar-refractivity contribution in [2.75, 3.05) is 0 Å². The molecule has 0 aromatic carbocycles. The first-order valence-corrected chi connectivity index (χ1v) is 8.78. The van der Waals surface area contributed by atoms with Crippen LogP contribution < -0.4 is 0 Å². The molecule has 1 atom stereocenters. The Bertz CT molecular complexity index is 160. The smallest absolute Gasteiger partial charge is 0.0803 e. The quantitative estimate of drug-likeness (QED) is 0.509. The summed E-state index contributed by atoms with van der Waals surface area (Å²) in [7, 11) is 2.58. The van der Waals surface area contributed by atoms with Crippen molar-refractivity contribution in [3.63, 3.8) is 0 Å². The lowest BCUT2D eigenvalue weighted by Gasteiger charge is -2.27. The van der Waals surface area contributed by atoms with Gasteiger partial charge in [-0.05, 0) is 11.8 Å². The van der Waals surface area contributed by atoms with Gasteiger partial charge in [-0.25, -0.2) is 0 Å². The van der Waals surface area contributed by atoms with Crippen molar-refractivity contribution in [1.82, 2.24) is 0 Å². The van der Waals surface area contributed by atoms with Gasteiger partial charge in [0.2, 0.25) is 0 Å². The summed E-state index contributed by atoms with van der Waals surface area (Å²) in [6.07, 6.45) is 22.4. The van der Waals surface area contributed by atoms with Crippen LogP contribution in [-0.4, -0.2) is 7.28 Å². The summed E-state index contributed by atoms with van der Waals surface area (Å²) in [6, 6.07) is 0. The Morgan fingerprint density at radius 2 is 0.944 bits per heavy atom. The van der Waals surface area contributed by atoms with E-state index in [1.807, 2.05) is 0 Å². The minimum Gasteiger partial charge on any atom is -0.0803 e. The van der Waals surface area contributed by atoms with Gasteiger partial charge >= 0.3 is 0 Å². The van der Waals surface area contributed by atoms with Gasteiger partial charge in [0.15, 0.2) is 0 Å². The molecule has 0 aromatic rings. The summed E-state index contributed by atoms with van der Waals surface area (Å²) in [5.74, 6) is 2.15. The van der Waals surface area contributed by atoms with Crippen molar-refractivity contribution in [1.29, 1.82) is 0 Å². The number of hydrogen-bond acceptors (Lipinski definition) is 0. The predicted octanol–water partition coefficient (Wildman–Crippen LogP) is 5.86. The van der Waals surface area contributed by atoms with Crippen LogP contribution in [0.5, 0.6) is 0 Å². The van der Waals surface area contributed by atoms with Crippen LogP contribution in [0.15, 0.2) is 0 Å². The molecular weight excluding hydrogens is 215 g/mol. The largest absolute Gasteiger partial charge is 0.109 e. The molecular formula is C17H32B. The lowest BCUT2D eigenvalue weighted by Crippen LogP contribution is -2.15. The van der Waals surface area contributed by atoms with Gasteiger partial charge in [-0.1, -0.05) is 96.1 Å². The van der Waals surface area contributed by atoms with E-state index in [-0.39, 0.29) is 0 Å². The SMILES string of the molecule is [B]1CCCCCC(C2CCCCCCCC2)CC1. The van der Waals surface area contributed by atoms with E-state index in [4.69, 9.17) is 0 Å². The zero-order valence-electron chi connectivity index (χ0n) is 12.3. The van der Waals surface area contributed by atoms with Gasteiger partial charge in [-0.15, -0.1) is 0 Å². The maximum Gasteiger partial charge on any atom is 0.109 e. The Kier molecular flexibility index (Phi) is 7.27. The summed E-state index contributed by atoms with van der Waals surface area (Å²) in [6.45, 7) is 0. The molecule has 0 N–H and O–H groups in total. The molecule has 0 aromatic heterocycles. The third kappa shape index (κ3) is 5.37. The van der Waals surface area contributed by atoms with E-state index in [1.165, 1.54) is 76.8 Å². The molecule has 1 saturated heterocycles. The fraction of sp³-hybridized carbons (Fsp3) is 1.00. The normalized spacial score (nSPS) is 29.9. The van der Waals surface area contributed by atoms with E-state index in [9.17, 15) is 0 Å². The minimum absolute atomic E-state index is 1.07. The highest BCUT2D eigenvalue weighted by Gasteiger charge is 2.21. The molecule has 2 aliphatic rings. The molecule has 103 valence electrons. The molecule has 1 aliphatic heterocycles. The summed E-state index contributed by atoms with van der Waals surface area (Å²) in [5, 5.41) is 0. The summed E-state index contributed by atoms with van der Waals surface area (Å²) < 4.78 is 0. The van der Waals surface area contributed by atoms with Crippen molar-refractivity contribution in [3.8, 4) is 0 Å². The molecule has 2 fully saturated rings. The van der Waals surface area contributed by atoms with E-state index >= 15 is 0 Å². The molecule has 0 bridgehead atoms. The first-order chi connectivity index (χ1) is 8.97. The summed E-state index contributed by atoms with van der Waals surface area (Å²) >= 11 is 0. The highest BCUT2D eigenvalue weighted by Crippen LogP contribution is 2.34. The number of rotatable bonds is 1. The third-order valence-corrected chi connectivity index (χ3v) is 5.29. The van der Waals surface area contributed by atoms with E-state index in [1.54, 1.807) is 19.3 Å². The van der Waals surface area contributed by atoms with E-state index in [0.29, 0.717) is 0 Å². The zero-order chi connectivity index (χ0) is 12.5. The van der Waals surface area contributed by atoms with Gasteiger partial charge in [-0.2, -0.15) is 0 Å². The molecule has 1 heteroatoms. The first-order valence-electron chi connectivity index (χ1n) is 8.78. The molecule has 1 unspecified atom stereocenters. The fourth-order valence-corrected chi connectivity index (χ4v) is 4.10. The second-order valence-electron chi connectivity index (χ2n) is 6.72. The van der Waals surface area contributed by atoms with E-state index < -0.39 is 0 Å². The highest BCUT2D eigenvalue weighted by molar-refractivity contribution is 6.35. The van der Waals surface area contributed by atoms with Crippen LogP contribution in [0.3, 0.4) is 0 Å². The molecule has 18 heavy (non-hydrogen) atoms. The van der Waals surface area contributed by atoms with Crippen molar-refractivity contribution in [3.05, 3.63) is 0 Å². The fourth-order valence-electron chi connectivity index (χ4n) is 4.10. The Hall–Kier alpha value is 0.0649. The Morgan fingerprint density at radius 1 is 0.444 bits per heavy atom. The average Bonchev–Trinajstić information content (AvgIpc) is 2.61. The topological polar surface area (TPSA) is 0 Å². The minimum atomic E-state index is 1.07. The van der Waals surface area contributed by atoms with E-state index in [2.05, 4.69) is 7.28 Å². The lowest BCUT2D eigenvalue weighted by atomic mass is 9.66. The molecule has 1 heterocycles. The standard InChI is InChI=1S/C17H32B/c1-2-4-7-11-16(10-6-3-1)17-12-8-5-9-14-18-15-13-17/h16-17H,1-15H2. The maximum absolute atomic E-state index is 2.58. The second-order valence-corrected chi connectivity index (χ2v) is 6.72. The van der Waals surface area contributed by atoms with Crippen LogP contribution in [0.2, 0.25) is 12.6 Å². The Morgan fingerprint density at radius 3 is 1.61 bits per heavy atom. The van der Waals surface area contributed by atoms with E-state index in [0.717, 1.165) is 11.8 Å². The van der Waals surface area contributed by atoms with Crippen molar-refractivity contribution >= 4 is 7.28 Å². The van der Waals surface area contributed by atoms with Gasteiger partial charge in [-0.3, -0.25) is 0 Å². The van der Waals surface area contributed by atoms with Crippen molar-refractivity contribution in [2.45, 2.75) is 96.1 Å². The molecule has 1 aliphatic carbocycles. The van der Waals surface area contributed by atoms with Gasteiger partial charge in [0.05, 0.1) is 0 Å². The summed E-state index contributed by atoms with van der Waals surface area (Å²) in [4.78, 5) is 0. The highest BCUT2D eigenvalue weighted by atomic mass is 14.3. The van der Waals surface area contributed by atoms with Crippen LogP contribution in [0.25, 0.3) is 0 Å². The monoisotopic (exact) mass is 247 g/mol. The molecule has 1 radical (unpaired) electrons. The maximum atomic E-state index is 2.58. The lowest BCUT2D eigenvalue weighted by molar-refractivity contribution is 0.256. The first kappa shape index (κ1) is 14.5. The van der Waals surface area contributed by atoms with Crippen LogP contribution in [0.4, 0.5) is 0 Å². The van der Waals surface area contributed by atoms with Gasteiger partial charge < -0.3 is 0 Å². The van der Waals surface area contributed by atoms with Gasteiger partial charge in [0.1, 0.15) is 7.28 Å². The van der Waals surface area contributed by atoms with Gasteiger partial charge in [0.25, 0.3) is 0 Å². The molecule has 2 rings (SSSR count). The predicted molar refractivity (Wildman–Crippen MR) is 82.4 cm³/mol. The number of hydrogen-bond donors (Lipinski definition) is 0. The molecule has 0 spiro atoms. The third-order valence-electron chi connectivity index (χ3n) is 5.29.